The molecule has 1 saturated heterocycles. The van der Waals surface area contributed by atoms with Gasteiger partial charge in [-0.1, -0.05) is 155 Å². The average Bonchev–Trinajstić information content (AvgIpc) is 3.73. The second-order valence-electron chi connectivity index (χ2n) is 21.9. The minimum Gasteiger partial charge on any atom is -0.509 e. The minimum atomic E-state index is -0.163. The number of rotatable bonds is 6. The van der Waals surface area contributed by atoms with Gasteiger partial charge in [0.2, 0.25) is 11.4 Å². The van der Waals surface area contributed by atoms with E-state index in [1.165, 1.54) is 50.4 Å². The van der Waals surface area contributed by atoms with Gasteiger partial charge < -0.3 is 9.30 Å². The van der Waals surface area contributed by atoms with Gasteiger partial charge in [0.05, 0.1) is 5.69 Å². The molecule has 2 atom stereocenters. The van der Waals surface area contributed by atoms with Crippen molar-refractivity contribution < 1.29 is 25.8 Å². The van der Waals surface area contributed by atoms with Crippen LogP contribution >= 0.6 is 0 Å². The van der Waals surface area contributed by atoms with Crippen molar-refractivity contribution in [3.63, 3.8) is 0 Å². The molecule has 2 aliphatic rings. The van der Waals surface area contributed by atoms with Gasteiger partial charge in [0, 0.05) is 68.5 Å². The molecule has 10 rings (SSSR count). The summed E-state index contributed by atoms with van der Waals surface area (Å²) in [6.45, 7) is 29.9. The molecule has 0 N–H and O–H groups in total. The summed E-state index contributed by atoms with van der Waals surface area (Å²) in [5.41, 5.74) is 14.1. The molecule has 1 unspecified atom stereocenters. The Bertz CT molecular complexity index is 3120. The standard InChI is InChI=1S/C58H59N4O.Pt/c1-55(2,3)40-22-25-52-53(33-40)62(37-61(52,62)44-29-39(38-18-14-13-15-19-38)28-42(30-44)57(7,8)9)45-31-43(58(10,11)12)32-47(35-45)63-46-23-24-49-48-20-16-17-21-50(48)60(51(49)36-46)54-34-41(26-27-59-54)56(4,5)6;/h13-34,37H,1-12H3;/q-1;/t61-,62?;/m0./s1. The van der Waals surface area contributed by atoms with Crippen LogP contribution in [0.5, 0.6) is 11.5 Å². The van der Waals surface area contributed by atoms with Crippen molar-refractivity contribution in [1.29, 1.82) is 0 Å². The number of ether oxygens (including phenoxy) is 1. The first-order valence-corrected chi connectivity index (χ1v) is 22.4. The zero-order valence-electron chi connectivity index (χ0n) is 39.3. The number of hydrogen-bond donors (Lipinski definition) is 0. The fourth-order valence-corrected chi connectivity index (χ4v) is 9.48. The normalized spacial score (nSPS) is 18.2. The van der Waals surface area contributed by atoms with E-state index in [1.807, 2.05) is 12.3 Å². The molecule has 0 saturated carbocycles. The maximum Gasteiger partial charge on any atom is 0.225 e. The van der Waals surface area contributed by atoms with Gasteiger partial charge in [-0.2, -0.15) is 10.7 Å². The smallest absolute Gasteiger partial charge is 0.225 e. The predicted octanol–water partition coefficient (Wildman–Crippen LogP) is 15.8. The van der Waals surface area contributed by atoms with Crippen molar-refractivity contribution in [2.75, 3.05) is 0 Å². The summed E-state index contributed by atoms with van der Waals surface area (Å²) < 4.78 is 10.3. The summed E-state index contributed by atoms with van der Waals surface area (Å²) in [6.07, 6.45) is 1.92. The van der Waals surface area contributed by atoms with Gasteiger partial charge in [0.15, 0.2) is 12.4 Å². The molecule has 2 aliphatic heterocycles. The quantitative estimate of drug-likeness (QED) is 0.0943. The van der Waals surface area contributed by atoms with Crippen LogP contribution in [0.25, 0.3) is 38.8 Å². The summed E-state index contributed by atoms with van der Waals surface area (Å²) in [6, 6.07) is 54.3. The van der Waals surface area contributed by atoms with Gasteiger partial charge >= 0.3 is 0 Å². The number of hydrogen-bond acceptors (Lipinski definition) is 2. The number of quaternary nitrogens is 2. The van der Waals surface area contributed by atoms with Crippen LogP contribution in [0, 0.1) is 18.8 Å². The number of aromatic nitrogens is 2. The maximum atomic E-state index is 6.98. The average molecular weight is 1020 g/mol. The maximum absolute atomic E-state index is 6.98. The van der Waals surface area contributed by atoms with Crippen molar-refractivity contribution in [3.8, 4) is 28.4 Å². The molecule has 64 heavy (non-hydrogen) atoms. The molecule has 4 heterocycles. The zero-order chi connectivity index (χ0) is 44.5. The van der Waals surface area contributed by atoms with Crippen LogP contribution in [0.1, 0.15) is 105 Å². The van der Waals surface area contributed by atoms with Gasteiger partial charge in [-0.05, 0) is 73.1 Å². The predicted molar refractivity (Wildman–Crippen MR) is 263 cm³/mol. The second kappa shape index (κ2) is 14.9. The first kappa shape index (κ1) is 43.9. The van der Waals surface area contributed by atoms with E-state index in [0.717, 1.165) is 33.3 Å². The molecule has 2 aromatic heterocycles. The molecular weight excluding hydrogens is 964 g/mol. The van der Waals surface area contributed by atoms with E-state index in [1.54, 1.807) is 0 Å². The molecule has 1 fully saturated rings. The molecule has 8 aromatic rings. The Morgan fingerprint density at radius 1 is 0.516 bits per heavy atom. The summed E-state index contributed by atoms with van der Waals surface area (Å²) in [5.74, 6) is 2.17. The van der Waals surface area contributed by atoms with Crippen LogP contribution in [0.2, 0.25) is 0 Å². The minimum absolute atomic E-state index is 0. The Labute approximate surface area is 394 Å². The number of nitrogens with zero attached hydrogens (tertiary/aromatic N) is 4. The van der Waals surface area contributed by atoms with E-state index in [4.69, 9.17) is 9.72 Å². The second-order valence-corrected chi connectivity index (χ2v) is 21.9. The Balaban J connectivity index is 0.00000518. The third-order valence-corrected chi connectivity index (χ3v) is 13.3. The fraction of sp³-hybridized carbons (Fsp3) is 0.276. The Morgan fingerprint density at radius 2 is 1.17 bits per heavy atom. The van der Waals surface area contributed by atoms with Crippen molar-refractivity contribution in [1.82, 2.24) is 18.7 Å². The van der Waals surface area contributed by atoms with Crippen LogP contribution in [0.4, 0.5) is 22.7 Å². The summed E-state index contributed by atoms with van der Waals surface area (Å²) in [7, 11) is 0. The monoisotopic (exact) mass is 1020 g/mol. The molecule has 0 radical (unpaired) electrons. The van der Waals surface area contributed by atoms with Crippen molar-refractivity contribution in [3.05, 3.63) is 175 Å². The Hall–Kier alpha value is -5.32. The van der Waals surface area contributed by atoms with Crippen molar-refractivity contribution in [2.45, 2.75) is 105 Å². The number of benzene rings is 6. The fourth-order valence-electron chi connectivity index (χ4n) is 9.48. The van der Waals surface area contributed by atoms with Crippen molar-refractivity contribution in [2.24, 2.45) is 0 Å². The van der Waals surface area contributed by atoms with E-state index in [-0.39, 0.29) is 42.7 Å². The summed E-state index contributed by atoms with van der Waals surface area (Å²) in [5, 5.41) is 2.26. The van der Waals surface area contributed by atoms with E-state index in [9.17, 15) is 0 Å². The SMILES string of the molecule is CC(C)(C)c1cc(Oc2[c-]c3c(cc2)c2ccccc2n3-c2cc(C(C)(C)C)ccn2)[c-]c([N+]23[CH-][N@+]2(c2cc(-c4ccccc4)cc(C(C)(C)C)c2)c2ccc(C(C)(C)C)cc23)c1.[Pt]. The first-order valence-electron chi connectivity index (χ1n) is 22.4. The molecule has 0 bridgehead atoms. The summed E-state index contributed by atoms with van der Waals surface area (Å²) >= 11 is 0. The van der Waals surface area contributed by atoms with Crippen LogP contribution in [-0.2, 0) is 42.7 Å². The van der Waals surface area contributed by atoms with Crippen molar-refractivity contribution >= 4 is 44.6 Å². The molecule has 0 spiro atoms. The van der Waals surface area contributed by atoms with Gasteiger partial charge in [-0.15, -0.1) is 35.2 Å². The zero-order valence-corrected chi connectivity index (χ0v) is 41.6. The third-order valence-electron chi connectivity index (χ3n) is 13.3. The van der Waals surface area contributed by atoms with Crippen LogP contribution in [-0.4, -0.2) is 9.55 Å². The molecule has 5 nitrogen and oxygen atoms in total. The number of fused-ring (bicyclic) bond motifs is 7. The largest absolute Gasteiger partial charge is 0.509 e. The first-order chi connectivity index (χ1) is 29.7. The van der Waals surface area contributed by atoms with E-state index < -0.39 is 0 Å². The topological polar surface area (TPSA) is 27.1 Å². The van der Waals surface area contributed by atoms with Gasteiger partial charge in [0.1, 0.15) is 5.82 Å². The molecular formula is C58H59N4OPt-. The third kappa shape index (κ3) is 6.98. The molecule has 328 valence electrons. The van der Waals surface area contributed by atoms with Gasteiger partial charge in [0.25, 0.3) is 0 Å². The Morgan fingerprint density at radius 3 is 1.88 bits per heavy atom. The van der Waals surface area contributed by atoms with Crippen LogP contribution < -0.4 is 13.9 Å². The molecule has 0 aliphatic carbocycles. The van der Waals surface area contributed by atoms with E-state index in [2.05, 4.69) is 228 Å². The van der Waals surface area contributed by atoms with Gasteiger partial charge in [-0.3, -0.25) is 0 Å². The van der Waals surface area contributed by atoms with Crippen LogP contribution in [0.3, 0.4) is 0 Å². The van der Waals surface area contributed by atoms with Gasteiger partial charge in [-0.25, -0.2) is 9.58 Å². The molecule has 0 amide bonds. The molecule has 6 aromatic carbocycles. The Kier molecular flexibility index (Phi) is 10.2. The van der Waals surface area contributed by atoms with Crippen LogP contribution in [0.15, 0.2) is 134 Å². The molecule has 6 heteroatoms. The summed E-state index contributed by atoms with van der Waals surface area (Å²) in [4.78, 5) is 4.91. The number of pyridine rings is 1. The van der Waals surface area contributed by atoms with E-state index in [0.29, 0.717) is 20.7 Å². The number of para-hydroxylation sites is 1. The van der Waals surface area contributed by atoms with E-state index >= 15 is 0 Å².